The quantitative estimate of drug-likeness (QED) is 0.795. The van der Waals surface area contributed by atoms with E-state index in [1.807, 2.05) is 0 Å². The van der Waals surface area contributed by atoms with Crippen molar-refractivity contribution in [2.24, 2.45) is 0 Å². The summed E-state index contributed by atoms with van der Waals surface area (Å²) in [6, 6.07) is 4.45. The maximum Gasteiger partial charge on any atom is 0.265 e. The molecule has 0 atom stereocenters. The van der Waals surface area contributed by atoms with E-state index in [1.54, 1.807) is 29.8 Å². The van der Waals surface area contributed by atoms with Crippen molar-refractivity contribution < 1.29 is 8.78 Å². The van der Waals surface area contributed by atoms with Crippen molar-refractivity contribution in [1.29, 1.82) is 0 Å². The molecule has 0 aliphatic rings. The van der Waals surface area contributed by atoms with Gasteiger partial charge in [-0.05, 0) is 25.1 Å². The number of benzene rings is 1. The van der Waals surface area contributed by atoms with Crippen LogP contribution in [0, 0.1) is 6.92 Å². The molecule has 0 bridgehead atoms. The molecule has 0 unspecified atom stereocenters. The van der Waals surface area contributed by atoms with E-state index in [0.29, 0.717) is 11.4 Å². The van der Waals surface area contributed by atoms with Crippen molar-refractivity contribution in [2.75, 3.05) is 5.73 Å². The number of anilines is 1. The molecular weight excluding hydrogens is 212 g/mol. The van der Waals surface area contributed by atoms with Crippen LogP contribution in [0.5, 0.6) is 0 Å². The second-order valence-corrected chi connectivity index (χ2v) is 3.54. The third kappa shape index (κ3) is 1.88. The minimum atomic E-state index is -2.55. The van der Waals surface area contributed by atoms with Crippen molar-refractivity contribution in [1.82, 2.24) is 9.55 Å². The molecular formula is C11H11F2N3. The van der Waals surface area contributed by atoms with Crippen molar-refractivity contribution in [2.45, 2.75) is 13.3 Å². The van der Waals surface area contributed by atoms with Crippen LogP contribution >= 0.6 is 0 Å². The molecule has 1 aromatic heterocycles. The minimum Gasteiger partial charge on any atom is -0.399 e. The van der Waals surface area contributed by atoms with Gasteiger partial charge in [0.15, 0.2) is 0 Å². The summed E-state index contributed by atoms with van der Waals surface area (Å²) in [5.41, 5.74) is 6.92. The molecule has 5 heteroatoms. The Balaban J connectivity index is 2.56. The first-order valence-corrected chi connectivity index (χ1v) is 4.76. The molecule has 2 rings (SSSR count). The molecule has 0 radical (unpaired) electrons. The van der Waals surface area contributed by atoms with Crippen molar-refractivity contribution in [3.8, 4) is 5.69 Å². The zero-order valence-electron chi connectivity index (χ0n) is 8.69. The Morgan fingerprint density at radius 2 is 2.12 bits per heavy atom. The van der Waals surface area contributed by atoms with Gasteiger partial charge >= 0.3 is 0 Å². The number of imidazole rings is 1. The van der Waals surface area contributed by atoms with Crippen molar-refractivity contribution >= 4 is 5.69 Å². The molecule has 0 aliphatic heterocycles. The first-order chi connectivity index (χ1) is 7.58. The van der Waals surface area contributed by atoms with Crippen LogP contribution in [0.25, 0.3) is 5.69 Å². The number of rotatable bonds is 2. The average molecular weight is 223 g/mol. The molecule has 1 aromatic carbocycles. The van der Waals surface area contributed by atoms with Gasteiger partial charge in [0.2, 0.25) is 0 Å². The lowest BCUT2D eigenvalue weighted by atomic mass is 10.1. The number of aryl methyl sites for hydroxylation is 1. The predicted molar refractivity (Wildman–Crippen MR) is 57.7 cm³/mol. The predicted octanol–water partition coefficient (Wildman–Crippen LogP) is 2.70. The number of hydrogen-bond donors (Lipinski definition) is 1. The van der Waals surface area contributed by atoms with E-state index < -0.39 is 6.43 Å². The zero-order chi connectivity index (χ0) is 11.7. The number of nitrogens with zero attached hydrogens (tertiary/aromatic N) is 2. The van der Waals surface area contributed by atoms with E-state index in [9.17, 15) is 8.78 Å². The van der Waals surface area contributed by atoms with Crippen LogP contribution < -0.4 is 5.73 Å². The number of nitrogens with two attached hydrogens (primary N) is 1. The first kappa shape index (κ1) is 10.6. The summed E-state index contributed by atoms with van der Waals surface area (Å²) in [6.07, 6.45) is 0.644. The fourth-order valence-corrected chi connectivity index (χ4v) is 1.54. The monoisotopic (exact) mass is 223 g/mol. The van der Waals surface area contributed by atoms with Gasteiger partial charge in [0.05, 0.1) is 17.7 Å². The summed E-state index contributed by atoms with van der Waals surface area (Å²) in [7, 11) is 0. The van der Waals surface area contributed by atoms with E-state index in [4.69, 9.17) is 5.73 Å². The van der Waals surface area contributed by atoms with Gasteiger partial charge in [0, 0.05) is 17.4 Å². The number of nitrogen functional groups attached to an aromatic ring is 1. The van der Waals surface area contributed by atoms with Gasteiger partial charge in [-0.15, -0.1) is 0 Å². The molecule has 0 spiro atoms. The lowest BCUT2D eigenvalue weighted by Crippen LogP contribution is -1.99. The lowest BCUT2D eigenvalue weighted by Gasteiger charge is -2.10. The van der Waals surface area contributed by atoms with E-state index in [-0.39, 0.29) is 5.56 Å². The molecule has 0 fully saturated rings. The highest BCUT2D eigenvalue weighted by atomic mass is 19.3. The summed E-state index contributed by atoms with van der Waals surface area (Å²) >= 11 is 0. The van der Waals surface area contributed by atoms with Crippen LogP contribution in [-0.4, -0.2) is 9.55 Å². The maximum absolute atomic E-state index is 12.8. The standard InChI is InChI=1S/C11H11F2N3/c1-7-5-16(6-15-7)10-3-2-8(14)4-9(10)11(12)13/h2-6,11H,14H2,1H3. The number of aromatic nitrogens is 2. The molecule has 2 aromatic rings. The highest BCUT2D eigenvalue weighted by Crippen LogP contribution is 2.27. The topological polar surface area (TPSA) is 43.8 Å². The molecule has 0 aliphatic carbocycles. The minimum absolute atomic E-state index is 0.0857. The van der Waals surface area contributed by atoms with Crippen LogP contribution in [0.2, 0.25) is 0 Å². The molecule has 16 heavy (non-hydrogen) atoms. The molecule has 0 amide bonds. The van der Waals surface area contributed by atoms with Gasteiger partial charge in [-0.25, -0.2) is 13.8 Å². The van der Waals surface area contributed by atoms with Gasteiger partial charge < -0.3 is 10.3 Å². The van der Waals surface area contributed by atoms with E-state index in [0.717, 1.165) is 5.69 Å². The Kier molecular flexibility index (Phi) is 2.60. The normalized spacial score (nSPS) is 11.0. The van der Waals surface area contributed by atoms with E-state index >= 15 is 0 Å². The average Bonchev–Trinajstić information content (AvgIpc) is 2.64. The molecule has 1 heterocycles. The van der Waals surface area contributed by atoms with E-state index in [2.05, 4.69) is 4.98 Å². The Hall–Kier alpha value is -1.91. The highest BCUT2D eigenvalue weighted by Gasteiger charge is 2.14. The van der Waals surface area contributed by atoms with Crippen molar-refractivity contribution in [3.05, 3.63) is 42.0 Å². The lowest BCUT2D eigenvalue weighted by molar-refractivity contribution is 0.151. The van der Waals surface area contributed by atoms with Gasteiger partial charge in [0.25, 0.3) is 6.43 Å². The Morgan fingerprint density at radius 1 is 1.38 bits per heavy atom. The molecule has 3 nitrogen and oxygen atoms in total. The van der Waals surface area contributed by atoms with E-state index in [1.165, 1.54) is 12.4 Å². The Labute approximate surface area is 91.5 Å². The SMILES string of the molecule is Cc1cn(-c2ccc(N)cc2C(F)F)cn1. The highest BCUT2D eigenvalue weighted by molar-refractivity contribution is 5.52. The fourth-order valence-electron chi connectivity index (χ4n) is 1.54. The van der Waals surface area contributed by atoms with Crippen LogP contribution in [0.15, 0.2) is 30.7 Å². The second kappa shape index (κ2) is 3.92. The van der Waals surface area contributed by atoms with Gasteiger partial charge in [0.1, 0.15) is 0 Å². The first-order valence-electron chi connectivity index (χ1n) is 4.76. The third-order valence-electron chi connectivity index (χ3n) is 2.28. The summed E-state index contributed by atoms with van der Waals surface area (Å²) in [4.78, 5) is 4.00. The third-order valence-corrected chi connectivity index (χ3v) is 2.28. The fraction of sp³-hybridized carbons (Fsp3) is 0.182. The van der Waals surface area contributed by atoms with Crippen LogP contribution in [0.3, 0.4) is 0 Å². The number of halogens is 2. The van der Waals surface area contributed by atoms with Crippen LogP contribution in [-0.2, 0) is 0 Å². The van der Waals surface area contributed by atoms with Crippen molar-refractivity contribution in [3.63, 3.8) is 0 Å². The Morgan fingerprint density at radius 3 is 2.69 bits per heavy atom. The summed E-state index contributed by atoms with van der Waals surface area (Å²) < 4.78 is 27.2. The molecule has 0 saturated heterocycles. The van der Waals surface area contributed by atoms with Crippen LogP contribution in [0.1, 0.15) is 17.7 Å². The molecule has 0 saturated carbocycles. The number of hydrogen-bond acceptors (Lipinski definition) is 2. The second-order valence-electron chi connectivity index (χ2n) is 3.54. The zero-order valence-corrected chi connectivity index (χ0v) is 8.69. The Bertz CT molecular complexity index is 506. The molecule has 84 valence electrons. The van der Waals surface area contributed by atoms with Gasteiger partial charge in [-0.3, -0.25) is 0 Å². The summed E-state index contributed by atoms with van der Waals surface area (Å²) in [5.74, 6) is 0. The largest absolute Gasteiger partial charge is 0.399 e. The van der Waals surface area contributed by atoms with Crippen LogP contribution in [0.4, 0.5) is 14.5 Å². The summed E-state index contributed by atoms with van der Waals surface area (Å²) in [6.45, 7) is 1.80. The smallest absolute Gasteiger partial charge is 0.265 e. The number of alkyl halides is 2. The maximum atomic E-state index is 12.8. The van der Waals surface area contributed by atoms with Gasteiger partial charge in [-0.1, -0.05) is 0 Å². The van der Waals surface area contributed by atoms with Gasteiger partial charge in [-0.2, -0.15) is 0 Å². The summed E-state index contributed by atoms with van der Waals surface area (Å²) in [5, 5.41) is 0. The molecule has 2 N–H and O–H groups in total.